The maximum atomic E-state index is 13.0. The molecule has 148 valence electrons. The number of carbonyl (C=O) groups excluding carboxylic acids is 1. The molecule has 2 N–H and O–H groups in total. The minimum Gasteiger partial charge on any atom is -0.481 e. The first-order chi connectivity index (χ1) is 12.5. The van der Waals surface area contributed by atoms with Gasteiger partial charge in [-0.05, 0) is 41.9 Å². The molecule has 27 heavy (non-hydrogen) atoms. The fourth-order valence-electron chi connectivity index (χ4n) is 4.82. The first-order valence-electron chi connectivity index (χ1n) is 8.97. The molecule has 1 aromatic rings. The summed E-state index contributed by atoms with van der Waals surface area (Å²) in [5, 5.41) is 9.22. The Morgan fingerprint density at radius 1 is 1.41 bits per heavy atom. The van der Waals surface area contributed by atoms with Crippen LogP contribution < -0.4 is 4.72 Å². The molecule has 3 atom stereocenters. The second-order valence-corrected chi connectivity index (χ2v) is 10.9. The van der Waals surface area contributed by atoms with Crippen LogP contribution in [0.2, 0.25) is 0 Å². The van der Waals surface area contributed by atoms with Crippen LogP contribution in [-0.2, 0) is 19.6 Å². The molecule has 1 aromatic carbocycles. The number of Topliss-reactive ketones (excluding diaryl/α,β-unsaturated/α-hetero) is 1. The fourth-order valence-corrected chi connectivity index (χ4v) is 7.30. The highest BCUT2D eigenvalue weighted by Gasteiger charge is 2.65. The van der Waals surface area contributed by atoms with Crippen molar-refractivity contribution in [3.63, 3.8) is 0 Å². The molecule has 0 saturated heterocycles. The van der Waals surface area contributed by atoms with Crippen LogP contribution in [0.3, 0.4) is 0 Å². The number of carboxylic acids is 1. The first-order valence-corrected chi connectivity index (χ1v) is 11.4. The van der Waals surface area contributed by atoms with E-state index in [4.69, 9.17) is 0 Å². The van der Waals surface area contributed by atoms with Crippen LogP contribution in [0.1, 0.15) is 51.1 Å². The zero-order valence-electron chi connectivity index (χ0n) is 15.4. The summed E-state index contributed by atoms with van der Waals surface area (Å²) in [6.45, 7) is 3.96. The molecule has 6 nitrogen and oxygen atoms in total. The van der Waals surface area contributed by atoms with E-state index >= 15 is 0 Å². The van der Waals surface area contributed by atoms with E-state index in [9.17, 15) is 23.1 Å². The Balaban J connectivity index is 1.87. The number of carbonyl (C=O) groups is 2. The van der Waals surface area contributed by atoms with Crippen molar-refractivity contribution in [2.24, 2.45) is 16.7 Å². The Hall–Kier alpha value is -1.25. The molecular weight excluding hydrogens is 434 g/mol. The molecule has 3 rings (SSSR count). The largest absolute Gasteiger partial charge is 0.481 e. The monoisotopic (exact) mass is 457 g/mol. The van der Waals surface area contributed by atoms with Crippen LogP contribution >= 0.6 is 15.9 Å². The van der Waals surface area contributed by atoms with Gasteiger partial charge in [0.25, 0.3) is 0 Å². The number of halogens is 1. The zero-order chi connectivity index (χ0) is 20.0. The van der Waals surface area contributed by atoms with Gasteiger partial charge >= 0.3 is 5.97 Å². The Kier molecular flexibility index (Phi) is 5.29. The van der Waals surface area contributed by atoms with Crippen molar-refractivity contribution in [2.75, 3.05) is 5.75 Å². The van der Waals surface area contributed by atoms with Crippen molar-refractivity contribution in [3.05, 3.63) is 34.3 Å². The van der Waals surface area contributed by atoms with Gasteiger partial charge in [-0.2, -0.15) is 0 Å². The van der Waals surface area contributed by atoms with Gasteiger partial charge in [0, 0.05) is 16.3 Å². The third kappa shape index (κ3) is 3.71. The van der Waals surface area contributed by atoms with Crippen molar-refractivity contribution in [2.45, 2.75) is 45.6 Å². The highest BCUT2D eigenvalue weighted by Crippen LogP contribution is 2.64. The van der Waals surface area contributed by atoms with Gasteiger partial charge in [0.15, 0.2) is 0 Å². The van der Waals surface area contributed by atoms with Gasteiger partial charge in [-0.3, -0.25) is 9.59 Å². The summed E-state index contributed by atoms with van der Waals surface area (Å²) in [6.07, 6.45) is 1.50. The van der Waals surface area contributed by atoms with E-state index in [2.05, 4.69) is 20.7 Å². The topological polar surface area (TPSA) is 101 Å². The number of ketones is 1. The molecule has 0 radical (unpaired) electrons. The van der Waals surface area contributed by atoms with Crippen LogP contribution in [0.5, 0.6) is 0 Å². The Bertz CT molecular complexity index is 882. The second-order valence-electron chi connectivity index (χ2n) is 8.25. The van der Waals surface area contributed by atoms with E-state index in [1.165, 1.54) is 0 Å². The van der Waals surface area contributed by atoms with Gasteiger partial charge < -0.3 is 5.11 Å². The van der Waals surface area contributed by atoms with Crippen molar-refractivity contribution >= 4 is 37.7 Å². The lowest BCUT2D eigenvalue weighted by Crippen LogP contribution is -2.46. The van der Waals surface area contributed by atoms with Crippen molar-refractivity contribution in [1.82, 2.24) is 4.72 Å². The molecule has 0 heterocycles. The molecule has 2 aliphatic carbocycles. The molecule has 2 bridgehead atoms. The van der Waals surface area contributed by atoms with Gasteiger partial charge in [0.1, 0.15) is 5.78 Å². The first kappa shape index (κ1) is 20.5. The van der Waals surface area contributed by atoms with Gasteiger partial charge in [-0.25, -0.2) is 13.1 Å². The predicted molar refractivity (Wildman–Crippen MR) is 105 cm³/mol. The molecule has 2 fully saturated rings. The number of hydrogen-bond acceptors (Lipinski definition) is 4. The second kappa shape index (κ2) is 6.97. The summed E-state index contributed by atoms with van der Waals surface area (Å²) in [5.74, 6) is -1.14. The number of rotatable bonds is 7. The molecule has 8 heteroatoms. The van der Waals surface area contributed by atoms with E-state index in [1.807, 2.05) is 13.8 Å². The summed E-state index contributed by atoms with van der Waals surface area (Å²) < 4.78 is 29.3. The third-order valence-electron chi connectivity index (χ3n) is 6.53. The number of carboxylic acid groups (broad SMARTS) is 1. The summed E-state index contributed by atoms with van der Waals surface area (Å²) in [4.78, 5) is 23.9. The van der Waals surface area contributed by atoms with Crippen LogP contribution in [0.4, 0.5) is 0 Å². The van der Waals surface area contributed by atoms with E-state index in [-0.39, 0.29) is 29.3 Å². The Morgan fingerprint density at radius 3 is 2.63 bits per heavy atom. The predicted octanol–water partition coefficient (Wildman–Crippen LogP) is 3.28. The van der Waals surface area contributed by atoms with Crippen molar-refractivity contribution < 1.29 is 23.1 Å². The Morgan fingerprint density at radius 2 is 2.11 bits per heavy atom. The van der Waals surface area contributed by atoms with E-state index in [1.54, 1.807) is 24.3 Å². The summed E-state index contributed by atoms with van der Waals surface area (Å²) in [6, 6.07) is 6.01. The lowest BCUT2D eigenvalue weighted by Gasteiger charge is -2.36. The number of sulfonamides is 1. The number of benzene rings is 1. The summed E-state index contributed by atoms with van der Waals surface area (Å²) in [7, 11) is -3.87. The zero-order valence-corrected chi connectivity index (χ0v) is 17.8. The molecule has 0 aliphatic heterocycles. The van der Waals surface area contributed by atoms with Crippen LogP contribution in [-0.4, -0.2) is 31.0 Å². The number of aliphatic carboxylic acids is 1. The van der Waals surface area contributed by atoms with Gasteiger partial charge in [0.2, 0.25) is 10.0 Å². The molecule has 0 amide bonds. The SMILES string of the molecule is CC1(C)C2CCC1(CS(=O)(=O)NC(CC(=O)O)c1cccc(Br)c1)C(=O)C2. The average molecular weight is 458 g/mol. The quantitative estimate of drug-likeness (QED) is 0.653. The normalized spacial score (nSPS) is 27.7. The maximum Gasteiger partial charge on any atom is 0.305 e. The van der Waals surface area contributed by atoms with Gasteiger partial charge in [-0.15, -0.1) is 0 Å². The van der Waals surface area contributed by atoms with Crippen molar-refractivity contribution in [1.29, 1.82) is 0 Å². The molecule has 2 saturated carbocycles. The van der Waals surface area contributed by atoms with E-state index < -0.39 is 27.4 Å². The lowest BCUT2D eigenvalue weighted by atomic mass is 9.70. The lowest BCUT2D eigenvalue weighted by molar-refractivity contribution is -0.137. The molecule has 3 unspecified atom stereocenters. The third-order valence-corrected chi connectivity index (χ3v) is 8.54. The highest BCUT2D eigenvalue weighted by atomic mass is 79.9. The molecule has 0 spiro atoms. The van der Waals surface area contributed by atoms with Crippen LogP contribution in [0.25, 0.3) is 0 Å². The standard InChI is InChI=1S/C19H24BrNO5S/c1-18(2)13-6-7-19(18,16(22)9-13)11-27(25,26)21-15(10-17(23)24)12-4-3-5-14(20)8-12/h3-5,8,13,15,21H,6-7,9-11H2,1-2H3,(H,23,24). The smallest absolute Gasteiger partial charge is 0.305 e. The summed E-state index contributed by atoms with van der Waals surface area (Å²) in [5.41, 5.74) is -0.681. The number of fused-ring (bicyclic) bond motifs is 2. The van der Waals surface area contributed by atoms with Crippen LogP contribution in [0, 0.1) is 16.7 Å². The van der Waals surface area contributed by atoms with Crippen LogP contribution in [0.15, 0.2) is 28.7 Å². The molecule has 0 aromatic heterocycles. The molecular formula is C19H24BrNO5S. The average Bonchev–Trinajstić information content (AvgIpc) is 2.87. The van der Waals surface area contributed by atoms with Gasteiger partial charge in [0.05, 0.1) is 18.2 Å². The van der Waals surface area contributed by atoms with Crippen molar-refractivity contribution in [3.8, 4) is 0 Å². The number of hydrogen-bond donors (Lipinski definition) is 2. The fraction of sp³-hybridized carbons (Fsp3) is 0.579. The molecule has 2 aliphatic rings. The highest BCUT2D eigenvalue weighted by molar-refractivity contribution is 9.10. The van der Waals surface area contributed by atoms with E-state index in [0.29, 0.717) is 18.4 Å². The van der Waals surface area contributed by atoms with Gasteiger partial charge in [-0.1, -0.05) is 41.9 Å². The van der Waals surface area contributed by atoms with E-state index in [0.717, 1.165) is 10.9 Å². The summed E-state index contributed by atoms with van der Waals surface area (Å²) >= 11 is 3.33. The number of nitrogens with one attached hydrogen (secondary N) is 1. The minimum absolute atomic E-state index is 0.0198. The minimum atomic E-state index is -3.87. The maximum absolute atomic E-state index is 13.0. The Labute approximate surface area is 167 Å².